The van der Waals surface area contributed by atoms with Crippen LogP contribution in [0.5, 0.6) is 0 Å². The Labute approximate surface area is 225 Å². The molecule has 6 rings (SSSR count). The highest BCUT2D eigenvalue weighted by Gasteiger charge is 2.24. The number of ketones is 1. The third-order valence-corrected chi connectivity index (χ3v) is 7.68. The minimum Gasteiger partial charge on any atom is -0.379 e. The van der Waals surface area contributed by atoms with E-state index in [1.807, 2.05) is 22.6 Å². The summed E-state index contributed by atoms with van der Waals surface area (Å²) >= 11 is 5.97. The van der Waals surface area contributed by atoms with Crippen molar-refractivity contribution in [3.8, 4) is 0 Å². The number of pyridine rings is 1. The molecule has 2 saturated heterocycles. The third-order valence-electron chi connectivity index (χ3n) is 7.42. The summed E-state index contributed by atoms with van der Waals surface area (Å²) in [5.74, 6) is -0.151. The van der Waals surface area contributed by atoms with E-state index in [1.165, 1.54) is 0 Å². The van der Waals surface area contributed by atoms with Gasteiger partial charge in [0.1, 0.15) is 5.56 Å². The van der Waals surface area contributed by atoms with E-state index in [0.717, 1.165) is 53.9 Å². The fraction of sp³-hybridized carbons (Fsp3) is 0.345. The minimum absolute atomic E-state index is 0.118. The third kappa shape index (κ3) is 5.05. The molecule has 1 amide bonds. The lowest BCUT2D eigenvalue weighted by atomic mass is 10.0. The molecule has 1 N–H and O–H groups in total. The Morgan fingerprint density at radius 1 is 0.974 bits per heavy atom. The highest BCUT2D eigenvalue weighted by molar-refractivity contribution is 6.30. The predicted octanol–water partition coefficient (Wildman–Crippen LogP) is 2.73. The van der Waals surface area contributed by atoms with Crippen molar-refractivity contribution < 1.29 is 14.3 Å². The molecule has 2 aromatic heterocycles. The molecule has 2 fully saturated rings. The van der Waals surface area contributed by atoms with Crippen LogP contribution in [-0.2, 0) is 29.0 Å². The van der Waals surface area contributed by atoms with Crippen molar-refractivity contribution in [2.24, 2.45) is 0 Å². The molecule has 4 aromatic rings. The van der Waals surface area contributed by atoms with Crippen molar-refractivity contribution in [3.63, 3.8) is 0 Å². The molecule has 2 aliphatic heterocycles. The van der Waals surface area contributed by atoms with Crippen molar-refractivity contribution in [2.75, 3.05) is 45.9 Å². The number of halogens is 1. The Kier molecular flexibility index (Phi) is 6.88. The lowest BCUT2D eigenvalue weighted by molar-refractivity contribution is -0.128. The summed E-state index contributed by atoms with van der Waals surface area (Å²) in [6, 6.07) is 13.4. The number of likely N-dealkylation sites (tertiary alicyclic amines) is 1. The molecule has 0 atom stereocenters. The second-order valence-corrected chi connectivity index (χ2v) is 10.6. The van der Waals surface area contributed by atoms with E-state index < -0.39 is 5.91 Å². The maximum Gasteiger partial charge on any atom is 0.257 e. The summed E-state index contributed by atoms with van der Waals surface area (Å²) in [5, 5.41) is 5.06. The van der Waals surface area contributed by atoms with E-state index >= 15 is 0 Å². The van der Waals surface area contributed by atoms with Gasteiger partial charge >= 0.3 is 0 Å². The van der Waals surface area contributed by atoms with Crippen LogP contribution >= 0.6 is 11.6 Å². The number of rotatable bonds is 8. The number of aromatic nitrogens is 1. The number of hydrogen-bond acceptors (Lipinski definition) is 6. The molecule has 4 heterocycles. The van der Waals surface area contributed by atoms with Crippen LogP contribution in [0.15, 0.2) is 53.5 Å². The summed E-state index contributed by atoms with van der Waals surface area (Å²) in [6.07, 6.45) is 2.39. The Balaban J connectivity index is 1.35. The summed E-state index contributed by atoms with van der Waals surface area (Å²) < 4.78 is 7.47. The van der Waals surface area contributed by atoms with Gasteiger partial charge in [-0.2, -0.15) is 0 Å². The first-order chi connectivity index (χ1) is 18.4. The van der Waals surface area contributed by atoms with Crippen LogP contribution in [0.4, 0.5) is 0 Å². The largest absolute Gasteiger partial charge is 0.379 e. The summed E-state index contributed by atoms with van der Waals surface area (Å²) in [5.41, 5.74) is 3.64. The van der Waals surface area contributed by atoms with Gasteiger partial charge in [-0.1, -0.05) is 23.7 Å². The molecule has 8 nitrogen and oxygen atoms in total. The Morgan fingerprint density at radius 2 is 1.74 bits per heavy atom. The number of benzene rings is 2. The van der Waals surface area contributed by atoms with E-state index in [1.54, 1.807) is 18.3 Å². The lowest BCUT2D eigenvalue weighted by Gasteiger charge is -2.28. The number of ether oxygens (including phenoxy) is 1. The predicted molar refractivity (Wildman–Crippen MR) is 146 cm³/mol. The average Bonchev–Trinajstić information content (AvgIpc) is 3.25. The summed E-state index contributed by atoms with van der Waals surface area (Å²) in [4.78, 5) is 42.8. The van der Waals surface area contributed by atoms with Crippen molar-refractivity contribution in [1.82, 2.24) is 19.5 Å². The molecule has 0 radical (unpaired) electrons. The van der Waals surface area contributed by atoms with E-state index in [-0.39, 0.29) is 16.8 Å². The number of morpholine rings is 1. The van der Waals surface area contributed by atoms with Crippen LogP contribution in [0.25, 0.3) is 16.3 Å². The van der Waals surface area contributed by atoms with Crippen LogP contribution in [0.2, 0.25) is 5.02 Å². The van der Waals surface area contributed by atoms with Gasteiger partial charge in [0.05, 0.1) is 31.8 Å². The SMILES string of the molecule is O=C1CN(CCc2cc3cc(CN4CCOCC4)cc4c(=O)c(C(=O)NCc5ccc(Cl)cc5)cn2c34)C1. The van der Waals surface area contributed by atoms with Crippen molar-refractivity contribution in [1.29, 1.82) is 0 Å². The molecule has 0 aliphatic carbocycles. The maximum absolute atomic E-state index is 13.7. The molecule has 0 saturated carbocycles. The molecule has 0 unspecified atom stereocenters. The lowest BCUT2D eigenvalue weighted by Crippen LogP contribution is -2.47. The molecular weight excluding hydrogens is 504 g/mol. The van der Waals surface area contributed by atoms with Crippen molar-refractivity contribution in [2.45, 2.75) is 19.5 Å². The normalized spacial score (nSPS) is 16.8. The Morgan fingerprint density at radius 3 is 2.47 bits per heavy atom. The minimum atomic E-state index is -0.407. The average molecular weight is 533 g/mol. The molecule has 9 heteroatoms. The number of nitrogens with zero attached hydrogens (tertiary/aromatic N) is 3. The van der Waals surface area contributed by atoms with Gasteiger partial charge in [-0.05, 0) is 41.5 Å². The molecule has 0 bridgehead atoms. The first-order valence-electron chi connectivity index (χ1n) is 12.9. The van der Waals surface area contributed by atoms with Crippen LogP contribution in [0.3, 0.4) is 0 Å². The number of amides is 1. The first kappa shape index (κ1) is 25.0. The number of carbonyl (C=O) groups excluding carboxylic acids is 2. The molecule has 196 valence electrons. The maximum atomic E-state index is 13.7. The van der Waals surface area contributed by atoms with Crippen molar-refractivity contribution in [3.05, 3.63) is 86.3 Å². The number of Topliss-reactive ketones (excluding diaryl/α,β-unsaturated/α-hetero) is 1. The smallest absolute Gasteiger partial charge is 0.257 e. The monoisotopic (exact) mass is 532 g/mol. The van der Waals surface area contributed by atoms with Gasteiger partial charge in [-0.25, -0.2) is 0 Å². The quantitative estimate of drug-likeness (QED) is 0.376. The Bertz CT molecular complexity index is 1550. The van der Waals surface area contributed by atoms with Crippen LogP contribution < -0.4 is 10.7 Å². The zero-order valence-electron chi connectivity index (χ0n) is 21.0. The zero-order chi connectivity index (χ0) is 26.2. The van der Waals surface area contributed by atoms with E-state index in [2.05, 4.69) is 27.2 Å². The zero-order valence-corrected chi connectivity index (χ0v) is 21.8. The Hall–Kier alpha value is -3.30. The fourth-order valence-electron chi connectivity index (χ4n) is 5.37. The van der Waals surface area contributed by atoms with Crippen LogP contribution in [0, 0.1) is 0 Å². The molecular formula is C29H29ClN4O4. The topological polar surface area (TPSA) is 83.4 Å². The van der Waals surface area contributed by atoms with Crippen molar-refractivity contribution >= 4 is 39.6 Å². The van der Waals surface area contributed by atoms with Crippen LogP contribution in [0.1, 0.15) is 27.2 Å². The second-order valence-electron chi connectivity index (χ2n) is 10.2. The fourth-order valence-corrected chi connectivity index (χ4v) is 5.50. The van der Waals surface area contributed by atoms with Crippen LogP contribution in [-0.4, -0.2) is 71.8 Å². The highest BCUT2D eigenvalue weighted by atomic mass is 35.5. The van der Waals surface area contributed by atoms with Gasteiger partial charge in [0.25, 0.3) is 5.91 Å². The van der Waals surface area contributed by atoms with Gasteiger partial charge in [-0.15, -0.1) is 0 Å². The molecule has 2 aromatic carbocycles. The summed E-state index contributed by atoms with van der Waals surface area (Å²) in [6.45, 7) is 5.84. The van der Waals surface area contributed by atoms with E-state index in [4.69, 9.17) is 16.3 Å². The number of carbonyl (C=O) groups is 2. The van der Waals surface area contributed by atoms with E-state index in [0.29, 0.717) is 49.7 Å². The first-order valence-corrected chi connectivity index (χ1v) is 13.3. The number of hydrogen-bond donors (Lipinski definition) is 1. The molecule has 0 spiro atoms. The standard InChI is InChI=1S/C29H29ClN4O4/c30-22-3-1-19(2-4-22)14-31-29(37)26-18-34-23(5-6-33-16-24(35)17-33)13-21-11-20(12-25(27(21)34)28(26)36)15-32-7-9-38-10-8-32/h1-4,11-13,18H,5-10,14-17H2,(H,31,37). The number of nitrogens with one attached hydrogen (secondary N) is 1. The second kappa shape index (κ2) is 10.5. The summed E-state index contributed by atoms with van der Waals surface area (Å²) in [7, 11) is 0. The van der Waals surface area contributed by atoms with E-state index in [9.17, 15) is 14.4 Å². The van der Waals surface area contributed by atoms with Gasteiger partial charge in [0, 0.05) is 66.8 Å². The van der Waals surface area contributed by atoms with Gasteiger partial charge in [0.2, 0.25) is 5.43 Å². The van der Waals surface area contributed by atoms with Gasteiger partial charge < -0.3 is 14.5 Å². The van der Waals surface area contributed by atoms with Gasteiger partial charge in [0.15, 0.2) is 5.78 Å². The molecule has 38 heavy (non-hydrogen) atoms. The molecule has 2 aliphatic rings. The van der Waals surface area contributed by atoms with Gasteiger partial charge in [-0.3, -0.25) is 24.2 Å². The highest BCUT2D eigenvalue weighted by Crippen LogP contribution is 2.27.